The second kappa shape index (κ2) is 6.29. The molecule has 2 aromatic rings. The molecule has 1 heterocycles. The molecule has 112 valence electrons. The number of nitrogens with zero attached hydrogens (tertiary/aromatic N) is 1. The molecule has 10 heteroatoms. The van der Waals surface area contributed by atoms with Crippen molar-refractivity contribution in [3.05, 3.63) is 44.3 Å². The van der Waals surface area contributed by atoms with Crippen molar-refractivity contribution < 1.29 is 18.3 Å². The van der Waals surface area contributed by atoms with Crippen molar-refractivity contribution in [1.29, 1.82) is 0 Å². The SMILES string of the molecule is O=C(O)c1cc(S(=O)(=O)NCc2cscn2)c(Cl)cc1Cl. The minimum Gasteiger partial charge on any atom is -0.478 e. The fourth-order valence-corrected chi connectivity index (χ4v) is 3.88. The first-order valence-electron chi connectivity index (χ1n) is 5.40. The van der Waals surface area contributed by atoms with Crippen LogP contribution in [0.1, 0.15) is 16.1 Å². The van der Waals surface area contributed by atoms with Crippen LogP contribution in [-0.4, -0.2) is 24.5 Å². The van der Waals surface area contributed by atoms with Crippen LogP contribution < -0.4 is 4.72 Å². The molecule has 6 nitrogen and oxygen atoms in total. The number of aromatic nitrogens is 1. The molecule has 0 aliphatic carbocycles. The highest BCUT2D eigenvalue weighted by atomic mass is 35.5. The molecule has 0 amide bonds. The van der Waals surface area contributed by atoms with Crippen molar-refractivity contribution in [3.8, 4) is 0 Å². The molecule has 0 aliphatic heterocycles. The second-order valence-corrected chi connectivity index (χ2v) is 7.14. The van der Waals surface area contributed by atoms with Gasteiger partial charge >= 0.3 is 5.97 Å². The fourth-order valence-electron chi connectivity index (χ4n) is 1.47. The van der Waals surface area contributed by atoms with Gasteiger partial charge in [0, 0.05) is 5.38 Å². The second-order valence-electron chi connectivity index (χ2n) is 3.87. The molecule has 0 saturated carbocycles. The van der Waals surface area contributed by atoms with Gasteiger partial charge in [-0.3, -0.25) is 0 Å². The highest BCUT2D eigenvalue weighted by Gasteiger charge is 2.22. The van der Waals surface area contributed by atoms with E-state index in [0.29, 0.717) is 5.69 Å². The van der Waals surface area contributed by atoms with E-state index in [1.807, 2.05) is 0 Å². The number of carbonyl (C=O) groups is 1. The number of thiazole rings is 1. The number of carboxylic acids is 1. The van der Waals surface area contributed by atoms with E-state index in [1.54, 1.807) is 10.9 Å². The van der Waals surface area contributed by atoms with Crippen LogP contribution in [0.5, 0.6) is 0 Å². The Morgan fingerprint density at radius 1 is 1.33 bits per heavy atom. The Hall–Kier alpha value is -1.19. The molecular formula is C11H8Cl2N2O4S2. The fraction of sp³-hybridized carbons (Fsp3) is 0.0909. The van der Waals surface area contributed by atoms with Crippen molar-refractivity contribution in [3.63, 3.8) is 0 Å². The number of carboxylic acid groups (broad SMARTS) is 1. The first kappa shape index (κ1) is 16.2. The van der Waals surface area contributed by atoms with E-state index in [-0.39, 0.29) is 27.0 Å². The number of halogens is 2. The molecule has 0 fully saturated rings. The first-order chi connectivity index (χ1) is 9.81. The zero-order valence-corrected chi connectivity index (χ0v) is 13.4. The van der Waals surface area contributed by atoms with Crippen molar-refractivity contribution in [2.24, 2.45) is 0 Å². The van der Waals surface area contributed by atoms with Crippen molar-refractivity contribution >= 4 is 50.5 Å². The molecule has 0 bridgehead atoms. The van der Waals surface area contributed by atoms with E-state index in [9.17, 15) is 13.2 Å². The Morgan fingerprint density at radius 3 is 2.62 bits per heavy atom. The van der Waals surface area contributed by atoms with Crippen LogP contribution in [0.15, 0.2) is 27.9 Å². The lowest BCUT2D eigenvalue weighted by atomic mass is 10.2. The quantitative estimate of drug-likeness (QED) is 0.847. The molecular weight excluding hydrogens is 359 g/mol. The summed E-state index contributed by atoms with van der Waals surface area (Å²) in [5.74, 6) is -1.34. The molecule has 2 N–H and O–H groups in total. The zero-order valence-electron chi connectivity index (χ0n) is 10.2. The summed E-state index contributed by atoms with van der Waals surface area (Å²) >= 11 is 12.9. The average Bonchev–Trinajstić information content (AvgIpc) is 2.88. The Morgan fingerprint density at radius 2 is 2.05 bits per heavy atom. The lowest BCUT2D eigenvalue weighted by molar-refractivity contribution is 0.0697. The average molecular weight is 367 g/mol. The van der Waals surface area contributed by atoms with Gasteiger partial charge in [-0.25, -0.2) is 22.9 Å². The van der Waals surface area contributed by atoms with E-state index in [0.717, 1.165) is 12.1 Å². The highest BCUT2D eigenvalue weighted by molar-refractivity contribution is 7.89. The van der Waals surface area contributed by atoms with Gasteiger partial charge in [-0.05, 0) is 12.1 Å². The highest BCUT2D eigenvalue weighted by Crippen LogP contribution is 2.28. The van der Waals surface area contributed by atoms with Crippen molar-refractivity contribution in [1.82, 2.24) is 9.71 Å². The van der Waals surface area contributed by atoms with Crippen LogP contribution in [-0.2, 0) is 16.6 Å². The van der Waals surface area contributed by atoms with Crippen LogP contribution in [0.4, 0.5) is 0 Å². The smallest absolute Gasteiger partial charge is 0.337 e. The van der Waals surface area contributed by atoms with Gasteiger partial charge in [-0.15, -0.1) is 11.3 Å². The third-order valence-corrected chi connectivity index (χ3v) is 5.28. The lowest BCUT2D eigenvalue weighted by Crippen LogP contribution is -2.24. The minimum atomic E-state index is -3.98. The molecule has 0 unspecified atom stereocenters. The van der Waals surface area contributed by atoms with Gasteiger partial charge in [0.25, 0.3) is 0 Å². The first-order valence-corrected chi connectivity index (χ1v) is 8.58. The van der Waals surface area contributed by atoms with E-state index < -0.39 is 16.0 Å². The van der Waals surface area contributed by atoms with Crippen molar-refractivity contribution in [2.75, 3.05) is 0 Å². The summed E-state index contributed by atoms with van der Waals surface area (Å²) in [6, 6.07) is 2.01. The topological polar surface area (TPSA) is 96.4 Å². The number of nitrogens with one attached hydrogen (secondary N) is 1. The van der Waals surface area contributed by atoms with Gasteiger partial charge in [-0.1, -0.05) is 23.2 Å². The van der Waals surface area contributed by atoms with Crippen LogP contribution in [0.2, 0.25) is 10.0 Å². The Labute approximate surface area is 134 Å². The van der Waals surface area contributed by atoms with E-state index in [4.69, 9.17) is 28.3 Å². The monoisotopic (exact) mass is 366 g/mol. The molecule has 0 aliphatic rings. The number of benzene rings is 1. The van der Waals surface area contributed by atoms with Gasteiger partial charge in [0.2, 0.25) is 10.0 Å². The lowest BCUT2D eigenvalue weighted by Gasteiger charge is -2.09. The van der Waals surface area contributed by atoms with E-state index >= 15 is 0 Å². The summed E-state index contributed by atoms with van der Waals surface area (Å²) in [6.07, 6.45) is 0. The molecule has 0 radical (unpaired) electrons. The van der Waals surface area contributed by atoms with Crippen LogP contribution >= 0.6 is 34.5 Å². The predicted octanol–water partition coefficient (Wildman–Crippen LogP) is 2.63. The maximum atomic E-state index is 12.2. The van der Waals surface area contributed by atoms with Gasteiger partial charge in [-0.2, -0.15) is 0 Å². The standard InChI is InChI=1S/C11H8Cl2N2O4S2/c12-8-2-9(13)10(1-7(8)11(16)17)21(18,19)15-3-6-4-20-5-14-6/h1-2,4-5,15H,3H2,(H,16,17). The van der Waals surface area contributed by atoms with Gasteiger partial charge in [0.05, 0.1) is 33.4 Å². The van der Waals surface area contributed by atoms with Gasteiger partial charge in [0.15, 0.2) is 0 Å². The number of sulfonamides is 1. The van der Waals surface area contributed by atoms with Crippen LogP contribution in [0.3, 0.4) is 0 Å². The Kier molecular flexibility index (Phi) is 4.84. The van der Waals surface area contributed by atoms with Crippen molar-refractivity contribution in [2.45, 2.75) is 11.4 Å². The molecule has 21 heavy (non-hydrogen) atoms. The Bertz CT molecular complexity index is 776. The van der Waals surface area contributed by atoms with Crippen LogP contribution in [0, 0.1) is 0 Å². The van der Waals surface area contributed by atoms with Gasteiger partial charge < -0.3 is 5.11 Å². The molecule has 0 atom stereocenters. The maximum Gasteiger partial charge on any atom is 0.337 e. The summed E-state index contributed by atoms with van der Waals surface area (Å²) in [4.78, 5) is 14.6. The molecule has 2 rings (SSSR count). The van der Waals surface area contributed by atoms with Crippen LogP contribution in [0.25, 0.3) is 0 Å². The summed E-state index contributed by atoms with van der Waals surface area (Å²) in [7, 11) is -3.98. The molecule has 1 aromatic carbocycles. The summed E-state index contributed by atoms with van der Waals surface area (Å²) in [5, 5.41) is 10.4. The Balaban J connectivity index is 2.35. The molecule has 0 spiro atoms. The summed E-state index contributed by atoms with van der Waals surface area (Å²) in [5.41, 5.74) is 1.78. The molecule has 1 aromatic heterocycles. The minimum absolute atomic E-state index is 0.0206. The summed E-state index contributed by atoms with van der Waals surface area (Å²) in [6.45, 7) is -0.0206. The summed E-state index contributed by atoms with van der Waals surface area (Å²) < 4.78 is 26.7. The predicted molar refractivity (Wildman–Crippen MR) is 79.6 cm³/mol. The maximum absolute atomic E-state index is 12.2. The van der Waals surface area contributed by atoms with Gasteiger partial charge in [0.1, 0.15) is 4.90 Å². The number of rotatable bonds is 5. The van der Waals surface area contributed by atoms with E-state index in [1.165, 1.54) is 11.3 Å². The number of hydrogen-bond donors (Lipinski definition) is 2. The normalized spacial score (nSPS) is 11.5. The number of aromatic carboxylic acids is 1. The molecule has 0 saturated heterocycles. The number of hydrogen-bond acceptors (Lipinski definition) is 5. The third-order valence-electron chi connectivity index (χ3n) is 2.47. The van der Waals surface area contributed by atoms with E-state index in [2.05, 4.69) is 9.71 Å². The largest absolute Gasteiger partial charge is 0.478 e. The third kappa shape index (κ3) is 3.72. The zero-order chi connectivity index (χ0) is 15.6.